The predicted octanol–water partition coefficient (Wildman–Crippen LogP) is 2.18. The van der Waals surface area contributed by atoms with Gasteiger partial charge in [0.15, 0.2) is 5.75 Å². The van der Waals surface area contributed by atoms with Gasteiger partial charge in [-0.1, -0.05) is 15.9 Å². The summed E-state index contributed by atoms with van der Waals surface area (Å²) < 4.78 is 44.7. The standard InChI is InChI=1S/C8H7BrF3NO3/c1-15-7-6(16-8(10,11)12)4(3-9)2-5(14)13-7/h2H,3H2,1H3,(H,13,14). The van der Waals surface area contributed by atoms with E-state index in [1.54, 1.807) is 0 Å². The van der Waals surface area contributed by atoms with Gasteiger partial charge in [-0.05, 0) is 0 Å². The van der Waals surface area contributed by atoms with E-state index in [-0.39, 0.29) is 16.8 Å². The first-order chi connectivity index (χ1) is 7.37. The molecule has 0 aliphatic heterocycles. The van der Waals surface area contributed by atoms with Crippen LogP contribution in [0.4, 0.5) is 13.2 Å². The number of halogens is 4. The van der Waals surface area contributed by atoms with Gasteiger partial charge in [-0.2, -0.15) is 0 Å². The summed E-state index contributed by atoms with van der Waals surface area (Å²) in [6.07, 6.45) is -4.84. The van der Waals surface area contributed by atoms with Crippen LogP contribution in [0.3, 0.4) is 0 Å². The lowest BCUT2D eigenvalue weighted by atomic mass is 10.3. The molecule has 0 atom stereocenters. The normalized spacial score (nSPS) is 11.3. The highest BCUT2D eigenvalue weighted by Crippen LogP contribution is 2.33. The molecule has 1 rings (SSSR count). The van der Waals surface area contributed by atoms with Crippen molar-refractivity contribution in [2.45, 2.75) is 11.7 Å². The van der Waals surface area contributed by atoms with Crippen LogP contribution in [0.1, 0.15) is 5.56 Å². The van der Waals surface area contributed by atoms with E-state index in [1.807, 2.05) is 0 Å². The maximum Gasteiger partial charge on any atom is 0.573 e. The summed E-state index contributed by atoms with van der Waals surface area (Å²) in [5.41, 5.74) is -0.515. The van der Waals surface area contributed by atoms with Crippen molar-refractivity contribution in [3.8, 4) is 11.6 Å². The Balaban J connectivity index is 3.28. The lowest BCUT2D eigenvalue weighted by molar-refractivity contribution is -0.275. The molecule has 8 heteroatoms. The summed E-state index contributed by atoms with van der Waals surface area (Å²) in [5, 5.41) is 0.0404. The molecular formula is C8H7BrF3NO3. The molecular weight excluding hydrogens is 295 g/mol. The zero-order valence-electron chi connectivity index (χ0n) is 8.02. The molecule has 1 aromatic heterocycles. The summed E-state index contributed by atoms with van der Waals surface area (Å²) in [4.78, 5) is 13.2. The molecule has 16 heavy (non-hydrogen) atoms. The number of hydrogen-bond acceptors (Lipinski definition) is 3. The van der Waals surface area contributed by atoms with Crippen molar-refractivity contribution in [3.05, 3.63) is 22.0 Å². The van der Waals surface area contributed by atoms with Gasteiger partial charge < -0.3 is 9.47 Å². The largest absolute Gasteiger partial charge is 0.573 e. The van der Waals surface area contributed by atoms with Crippen LogP contribution < -0.4 is 15.0 Å². The van der Waals surface area contributed by atoms with Gasteiger partial charge in [-0.25, -0.2) is 0 Å². The van der Waals surface area contributed by atoms with Crippen molar-refractivity contribution in [3.63, 3.8) is 0 Å². The van der Waals surface area contributed by atoms with E-state index < -0.39 is 17.7 Å². The number of methoxy groups -OCH3 is 1. The topological polar surface area (TPSA) is 51.3 Å². The molecule has 1 aromatic rings. The Labute approximate surface area is 96.5 Å². The summed E-state index contributed by atoms with van der Waals surface area (Å²) in [5.74, 6) is -0.911. The first kappa shape index (κ1) is 12.9. The van der Waals surface area contributed by atoms with Crippen molar-refractivity contribution in [1.82, 2.24) is 4.98 Å². The van der Waals surface area contributed by atoms with Crippen molar-refractivity contribution in [2.75, 3.05) is 7.11 Å². The Kier molecular flexibility index (Phi) is 3.84. The van der Waals surface area contributed by atoms with E-state index in [9.17, 15) is 18.0 Å². The van der Waals surface area contributed by atoms with Crippen LogP contribution in [0, 0.1) is 0 Å². The minimum atomic E-state index is -4.84. The summed E-state index contributed by atoms with van der Waals surface area (Å²) in [6, 6.07) is 0.998. The maximum absolute atomic E-state index is 12.1. The van der Waals surface area contributed by atoms with Gasteiger partial charge in [0.1, 0.15) is 0 Å². The van der Waals surface area contributed by atoms with Gasteiger partial charge in [-0.15, -0.1) is 13.2 Å². The number of rotatable bonds is 3. The van der Waals surface area contributed by atoms with E-state index >= 15 is 0 Å². The van der Waals surface area contributed by atoms with Gasteiger partial charge in [0.2, 0.25) is 5.88 Å². The lowest BCUT2D eigenvalue weighted by Gasteiger charge is -2.14. The molecule has 0 amide bonds. The third-order valence-electron chi connectivity index (χ3n) is 1.61. The number of aromatic amines is 1. The zero-order chi connectivity index (χ0) is 12.3. The molecule has 0 unspecified atom stereocenters. The second kappa shape index (κ2) is 4.77. The highest BCUT2D eigenvalue weighted by molar-refractivity contribution is 9.08. The Morgan fingerprint density at radius 3 is 2.56 bits per heavy atom. The molecule has 1 heterocycles. The van der Waals surface area contributed by atoms with Crippen LogP contribution in [0.25, 0.3) is 0 Å². The highest BCUT2D eigenvalue weighted by Gasteiger charge is 2.34. The predicted molar refractivity (Wildman–Crippen MR) is 52.9 cm³/mol. The molecule has 0 radical (unpaired) electrons. The SMILES string of the molecule is COc1[nH]c(=O)cc(CBr)c1OC(F)(F)F. The fraction of sp³-hybridized carbons (Fsp3) is 0.375. The molecule has 0 aliphatic carbocycles. The maximum atomic E-state index is 12.1. The molecule has 0 bridgehead atoms. The third kappa shape index (κ3) is 3.16. The summed E-state index contributed by atoms with van der Waals surface area (Å²) in [7, 11) is 1.13. The molecule has 0 fully saturated rings. The van der Waals surface area contributed by atoms with Crippen LogP contribution >= 0.6 is 15.9 Å². The average Bonchev–Trinajstić information content (AvgIpc) is 2.18. The monoisotopic (exact) mass is 301 g/mol. The van der Waals surface area contributed by atoms with E-state index in [2.05, 4.69) is 30.4 Å². The molecule has 0 saturated carbocycles. The highest BCUT2D eigenvalue weighted by atomic mass is 79.9. The van der Waals surface area contributed by atoms with Crippen LogP contribution in [0.15, 0.2) is 10.9 Å². The van der Waals surface area contributed by atoms with E-state index in [0.29, 0.717) is 0 Å². The smallest absolute Gasteiger partial charge is 0.480 e. The van der Waals surface area contributed by atoms with Gasteiger partial charge in [0, 0.05) is 17.0 Å². The number of alkyl halides is 4. The first-order valence-corrected chi connectivity index (χ1v) is 5.11. The van der Waals surface area contributed by atoms with Crippen LogP contribution in [0.5, 0.6) is 11.6 Å². The summed E-state index contributed by atoms with van der Waals surface area (Å²) >= 11 is 2.96. The van der Waals surface area contributed by atoms with Crippen molar-refractivity contribution >= 4 is 15.9 Å². The number of aromatic nitrogens is 1. The molecule has 90 valence electrons. The average molecular weight is 302 g/mol. The Morgan fingerprint density at radius 2 is 2.12 bits per heavy atom. The third-order valence-corrected chi connectivity index (χ3v) is 2.21. The Bertz CT molecular complexity index is 401. The number of hydrogen-bond donors (Lipinski definition) is 1. The quantitative estimate of drug-likeness (QED) is 0.871. The lowest BCUT2D eigenvalue weighted by Crippen LogP contribution is -2.20. The minimum absolute atomic E-state index is 0.0404. The fourth-order valence-corrected chi connectivity index (χ4v) is 1.46. The van der Waals surface area contributed by atoms with Crippen molar-refractivity contribution < 1.29 is 22.6 Å². The van der Waals surface area contributed by atoms with Crippen LogP contribution in [0.2, 0.25) is 0 Å². The zero-order valence-corrected chi connectivity index (χ0v) is 9.61. The summed E-state index contributed by atoms with van der Waals surface area (Å²) in [6.45, 7) is 0. The fourth-order valence-electron chi connectivity index (χ4n) is 1.04. The Morgan fingerprint density at radius 1 is 1.50 bits per heavy atom. The van der Waals surface area contributed by atoms with Crippen molar-refractivity contribution in [1.29, 1.82) is 0 Å². The van der Waals surface area contributed by atoms with Gasteiger partial charge in [-0.3, -0.25) is 9.78 Å². The minimum Gasteiger partial charge on any atom is -0.480 e. The Hall–Kier alpha value is -1.18. The number of nitrogens with one attached hydrogen (secondary N) is 1. The second-order valence-corrected chi connectivity index (χ2v) is 3.26. The molecule has 1 N–H and O–H groups in total. The molecule has 0 spiro atoms. The van der Waals surface area contributed by atoms with E-state index in [1.165, 1.54) is 0 Å². The van der Waals surface area contributed by atoms with Crippen molar-refractivity contribution in [2.24, 2.45) is 0 Å². The van der Waals surface area contributed by atoms with Gasteiger partial charge in [0.05, 0.1) is 7.11 Å². The van der Waals surface area contributed by atoms with Crippen LogP contribution in [-0.2, 0) is 5.33 Å². The molecule has 0 saturated heterocycles. The second-order valence-electron chi connectivity index (χ2n) is 2.70. The molecule has 0 aromatic carbocycles. The van der Waals surface area contributed by atoms with Gasteiger partial charge in [0.25, 0.3) is 5.56 Å². The molecule has 0 aliphatic rings. The van der Waals surface area contributed by atoms with E-state index in [4.69, 9.17) is 0 Å². The molecule has 4 nitrogen and oxygen atoms in total. The first-order valence-electron chi connectivity index (χ1n) is 3.99. The van der Waals surface area contributed by atoms with Crippen LogP contribution in [-0.4, -0.2) is 18.5 Å². The van der Waals surface area contributed by atoms with Gasteiger partial charge >= 0.3 is 6.36 Å². The van der Waals surface area contributed by atoms with E-state index in [0.717, 1.165) is 13.2 Å². The number of ether oxygens (including phenoxy) is 2. The number of pyridine rings is 1. The number of H-pyrrole nitrogens is 1.